The molecule has 0 aromatic carbocycles. The minimum atomic E-state index is -0.285. The van der Waals surface area contributed by atoms with Gasteiger partial charge in [0.05, 0.1) is 11.8 Å². The van der Waals surface area contributed by atoms with E-state index in [0.29, 0.717) is 36.6 Å². The van der Waals surface area contributed by atoms with Crippen LogP contribution in [0.4, 0.5) is 11.6 Å². The Bertz CT molecular complexity index is 1140. The number of nitrogen functional groups attached to an aromatic ring is 1. The molecule has 0 spiro atoms. The summed E-state index contributed by atoms with van der Waals surface area (Å²) in [4.78, 5) is 44.6. The number of hydrogen-bond donors (Lipinski definition) is 2. The summed E-state index contributed by atoms with van der Waals surface area (Å²) in [6.45, 7) is 9.68. The van der Waals surface area contributed by atoms with Crippen LogP contribution >= 0.6 is 23.2 Å². The number of piperidine rings is 1. The molecule has 2 fully saturated rings. The molecular weight excluding hydrogens is 515 g/mol. The molecule has 12 heteroatoms. The van der Waals surface area contributed by atoms with E-state index in [-0.39, 0.29) is 39.7 Å². The number of nitrogens with zero attached hydrogens (tertiary/aromatic N) is 6. The van der Waals surface area contributed by atoms with Crippen molar-refractivity contribution in [3.8, 4) is 0 Å². The second-order valence-corrected chi connectivity index (χ2v) is 10.6. The molecule has 0 unspecified atom stereocenters. The highest BCUT2D eigenvalue weighted by molar-refractivity contribution is 6.32. The van der Waals surface area contributed by atoms with E-state index in [0.717, 1.165) is 38.9 Å². The van der Waals surface area contributed by atoms with Crippen LogP contribution in [0, 0.1) is 0 Å². The molecule has 10 nitrogen and oxygen atoms in total. The molecule has 3 N–H and O–H groups in total. The van der Waals surface area contributed by atoms with Gasteiger partial charge in [-0.15, -0.1) is 0 Å². The predicted octanol–water partition coefficient (Wildman–Crippen LogP) is 3.10. The van der Waals surface area contributed by atoms with E-state index in [1.165, 1.54) is 6.20 Å². The lowest BCUT2D eigenvalue weighted by Crippen LogP contribution is -2.58. The molecule has 2 aromatic rings. The average Bonchev–Trinajstić information content (AvgIpc) is 2.87. The number of rotatable bonds is 6. The van der Waals surface area contributed by atoms with E-state index in [1.807, 2.05) is 18.7 Å². The first-order chi connectivity index (χ1) is 17.7. The third kappa shape index (κ3) is 6.25. The van der Waals surface area contributed by atoms with Gasteiger partial charge in [0.15, 0.2) is 11.0 Å². The van der Waals surface area contributed by atoms with Crippen molar-refractivity contribution in [2.45, 2.75) is 58.2 Å². The van der Waals surface area contributed by atoms with Gasteiger partial charge in [-0.3, -0.25) is 14.5 Å². The van der Waals surface area contributed by atoms with Crippen molar-refractivity contribution >= 4 is 46.7 Å². The standard InChI is InChI=1S/C25H34Cl2N8O2/c1-4-16-14-34(23-21(27)31-19(13-29-23)24(36)30-15(2)3)11-12-35(16)17-7-9-33(10-8-17)25(37)18-5-6-20(26)32-22(18)28/h5-6,13,15-17H,4,7-12,14H2,1-3H3,(H2,28,32)(H,30,36)/t16-/m0/s1. The Kier molecular flexibility index (Phi) is 8.71. The number of carbonyl (C=O) groups is 2. The predicted molar refractivity (Wildman–Crippen MR) is 145 cm³/mol. The third-order valence-corrected chi connectivity index (χ3v) is 7.47. The molecule has 2 saturated heterocycles. The normalized spacial score (nSPS) is 19.4. The van der Waals surface area contributed by atoms with E-state index >= 15 is 0 Å². The van der Waals surface area contributed by atoms with E-state index in [9.17, 15) is 9.59 Å². The molecule has 0 radical (unpaired) electrons. The number of pyridine rings is 1. The summed E-state index contributed by atoms with van der Waals surface area (Å²) < 4.78 is 0. The van der Waals surface area contributed by atoms with Crippen molar-refractivity contribution in [1.82, 2.24) is 30.1 Å². The highest BCUT2D eigenvalue weighted by atomic mass is 35.5. The molecule has 2 aromatic heterocycles. The highest BCUT2D eigenvalue weighted by Gasteiger charge is 2.35. The molecule has 1 atom stereocenters. The van der Waals surface area contributed by atoms with Gasteiger partial charge in [0.2, 0.25) is 0 Å². The van der Waals surface area contributed by atoms with Crippen LogP contribution < -0.4 is 16.0 Å². The lowest BCUT2D eigenvalue weighted by atomic mass is 9.97. The fourth-order valence-corrected chi connectivity index (χ4v) is 5.54. The van der Waals surface area contributed by atoms with Crippen molar-refractivity contribution in [3.63, 3.8) is 0 Å². The molecule has 2 aliphatic heterocycles. The van der Waals surface area contributed by atoms with Crippen LogP contribution in [0.15, 0.2) is 18.3 Å². The minimum Gasteiger partial charge on any atom is -0.383 e. The first-order valence-electron chi connectivity index (χ1n) is 12.7. The van der Waals surface area contributed by atoms with Gasteiger partial charge in [-0.25, -0.2) is 15.0 Å². The van der Waals surface area contributed by atoms with Gasteiger partial charge in [-0.2, -0.15) is 0 Å². The zero-order valence-corrected chi connectivity index (χ0v) is 23.0. The number of likely N-dealkylation sites (tertiary alicyclic amines) is 1. The lowest BCUT2D eigenvalue weighted by Gasteiger charge is -2.47. The van der Waals surface area contributed by atoms with E-state index in [4.69, 9.17) is 28.9 Å². The van der Waals surface area contributed by atoms with Crippen LogP contribution in [0.1, 0.15) is 60.9 Å². The molecule has 0 aliphatic carbocycles. The Labute approximate surface area is 227 Å². The SMILES string of the molecule is CC[C@H]1CN(c2ncc(C(=O)NC(C)C)nc2Cl)CCN1C1CCN(C(=O)c2ccc(Cl)nc2N)CC1. The maximum Gasteiger partial charge on any atom is 0.271 e. The number of anilines is 2. The van der Waals surface area contributed by atoms with E-state index in [2.05, 4.69) is 37.0 Å². The number of carbonyl (C=O) groups excluding carboxylic acids is 2. The van der Waals surface area contributed by atoms with E-state index < -0.39 is 0 Å². The Morgan fingerprint density at radius 3 is 2.49 bits per heavy atom. The second-order valence-electron chi connectivity index (χ2n) is 9.83. The fourth-order valence-electron chi connectivity index (χ4n) is 5.13. The molecule has 2 aliphatic rings. The van der Waals surface area contributed by atoms with Gasteiger partial charge in [-0.1, -0.05) is 30.1 Å². The number of amides is 2. The van der Waals surface area contributed by atoms with Crippen LogP contribution in [0.25, 0.3) is 0 Å². The number of piperazine rings is 1. The maximum absolute atomic E-state index is 13.0. The third-order valence-electron chi connectivity index (χ3n) is 7.01. The number of nitrogens with one attached hydrogen (secondary N) is 1. The summed E-state index contributed by atoms with van der Waals surface area (Å²) in [5.41, 5.74) is 6.54. The Morgan fingerprint density at radius 2 is 1.86 bits per heavy atom. The molecule has 4 heterocycles. The largest absolute Gasteiger partial charge is 0.383 e. The summed E-state index contributed by atoms with van der Waals surface area (Å²) in [7, 11) is 0. The topological polar surface area (TPSA) is 121 Å². The van der Waals surface area contributed by atoms with Crippen molar-refractivity contribution in [2.75, 3.05) is 43.4 Å². The van der Waals surface area contributed by atoms with Gasteiger partial charge in [0, 0.05) is 50.8 Å². The van der Waals surface area contributed by atoms with E-state index in [1.54, 1.807) is 12.1 Å². The minimum absolute atomic E-state index is 0.00343. The quantitative estimate of drug-likeness (QED) is 0.528. The number of halogens is 2. The molecule has 200 valence electrons. The van der Waals surface area contributed by atoms with Gasteiger partial charge in [0.25, 0.3) is 11.8 Å². The molecule has 4 rings (SSSR count). The maximum atomic E-state index is 13.0. The first-order valence-corrected chi connectivity index (χ1v) is 13.5. The smallest absolute Gasteiger partial charge is 0.271 e. The number of hydrogen-bond acceptors (Lipinski definition) is 8. The van der Waals surface area contributed by atoms with Crippen LogP contribution in [-0.2, 0) is 0 Å². The Balaban J connectivity index is 1.36. The number of nitrogens with two attached hydrogens (primary N) is 1. The van der Waals surface area contributed by atoms with Crippen molar-refractivity contribution < 1.29 is 9.59 Å². The molecular formula is C25H34Cl2N8O2. The van der Waals surface area contributed by atoms with Gasteiger partial charge >= 0.3 is 0 Å². The van der Waals surface area contributed by atoms with Crippen molar-refractivity contribution in [1.29, 1.82) is 0 Å². The monoisotopic (exact) mass is 548 g/mol. The van der Waals surface area contributed by atoms with Crippen LogP contribution in [-0.4, -0.2) is 87.4 Å². The summed E-state index contributed by atoms with van der Waals surface area (Å²) in [6, 6.07) is 3.94. The van der Waals surface area contributed by atoms with Crippen LogP contribution in [0.3, 0.4) is 0 Å². The zero-order valence-electron chi connectivity index (χ0n) is 21.5. The second kappa shape index (κ2) is 11.8. The fraction of sp³-hybridized carbons (Fsp3) is 0.560. The summed E-state index contributed by atoms with van der Waals surface area (Å²) >= 11 is 12.3. The number of aromatic nitrogens is 3. The van der Waals surface area contributed by atoms with Gasteiger partial charge < -0.3 is 20.9 Å². The Hall–Kier alpha value is -2.69. The van der Waals surface area contributed by atoms with Crippen LogP contribution in [0.2, 0.25) is 10.3 Å². The average molecular weight is 550 g/mol. The molecule has 2 amide bonds. The first kappa shape index (κ1) is 27.3. The lowest BCUT2D eigenvalue weighted by molar-refractivity contribution is 0.0491. The molecule has 0 saturated carbocycles. The zero-order chi connectivity index (χ0) is 26.7. The molecule has 37 heavy (non-hydrogen) atoms. The van der Waals surface area contributed by atoms with Gasteiger partial charge in [-0.05, 0) is 45.2 Å². The summed E-state index contributed by atoms with van der Waals surface area (Å²) in [5.74, 6) is 0.385. The van der Waals surface area contributed by atoms with Gasteiger partial charge in [0.1, 0.15) is 16.7 Å². The van der Waals surface area contributed by atoms with Crippen molar-refractivity contribution in [3.05, 3.63) is 39.9 Å². The van der Waals surface area contributed by atoms with Crippen LogP contribution in [0.5, 0.6) is 0 Å². The Morgan fingerprint density at radius 1 is 1.14 bits per heavy atom. The highest BCUT2D eigenvalue weighted by Crippen LogP contribution is 2.29. The summed E-state index contributed by atoms with van der Waals surface area (Å²) in [5, 5.41) is 3.32. The van der Waals surface area contributed by atoms with Crippen molar-refractivity contribution in [2.24, 2.45) is 0 Å². The molecule has 0 bridgehead atoms. The summed E-state index contributed by atoms with van der Waals surface area (Å²) in [6.07, 6.45) is 4.25.